The number of carboxylic acid groups (broad SMARTS) is 1. The van der Waals surface area contributed by atoms with Crippen LogP contribution < -0.4 is 10.6 Å². The smallest absolute Gasteiger partial charge is 0.407 e. The monoisotopic (exact) mass is 440 g/mol. The Labute approximate surface area is 186 Å². The Balaban J connectivity index is 1.68. The van der Waals surface area contributed by atoms with E-state index in [1.807, 2.05) is 48.5 Å². The summed E-state index contributed by atoms with van der Waals surface area (Å²) in [5.41, 5.74) is 4.38. The van der Waals surface area contributed by atoms with Crippen molar-refractivity contribution < 1.29 is 29.0 Å². The molecule has 1 aliphatic carbocycles. The highest BCUT2D eigenvalue weighted by Gasteiger charge is 2.32. The summed E-state index contributed by atoms with van der Waals surface area (Å²) >= 11 is 0. The van der Waals surface area contributed by atoms with Gasteiger partial charge in [-0.05, 0) is 35.6 Å². The molecule has 0 fully saturated rings. The summed E-state index contributed by atoms with van der Waals surface area (Å²) in [6, 6.07) is 13.8. The van der Waals surface area contributed by atoms with Crippen molar-refractivity contribution in [1.29, 1.82) is 0 Å². The predicted molar refractivity (Wildman–Crippen MR) is 118 cm³/mol. The maximum Gasteiger partial charge on any atom is 0.407 e. The van der Waals surface area contributed by atoms with Crippen molar-refractivity contribution in [2.24, 2.45) is 0 Å². The number of methoxy groups -OCH3 is 1. The van der Waals surface area contributed by atoms with Gasteiger partial charge in [0.1, 0.15) is 18.7 Å². The van der Waals surface area contributed by atoms with E-state index in [0.717, 1.165) is 22.3 Å². The first-order valence-electron chi connectivity index (χ1n) is 10.5. The first kappa shape index (κ1) is 23.3. The van der Waals surface area contributed by atoms with E-state index in [4.69, 9.17) is 9.47 Å². The van der Waals surface area contributed by atoms with Crippen LogP contribution in [-0.2, 0) is 19.1 Å². The largest absolute Gasteiger partial charge is 0.480 e. The van der Waals surface area contributed by atoms with Gasteiger partial charge < -0.3 is 25.2 Å². The third-order valence-corrected chi connectivity index (χ3v) is 5.76. The fourth-order valence-electron chi connectivity index (χ4n) is 3.90. The molecule has 2 aromatic rings. The Bertz CT molecular complexity index is 946. The fraction of sp³-hybridized carbons (Fsp3) is 0.375. The molecule has 32 heavy (non-hydrogen) atoms. The van der Waals surface area contributed by atoms with Crippen LogP contribution in [0.3, 0.4) is 0 Å². The molecule has 3 N–H and O–H groups in total. The van der Waals surface area contributed by atoms with Gasteiger partial charge in [-0.3, -0.25) is 4.79 Å². The SMILES string of the molecule is CC[C@@H](NC(=O)[C@@H](NC(=O)OCC1c2ccccc2-c2ccccc21)[C@@H](C)OC)C(=O)O. The molecule has 3 atom stereocenters. The van der Waals surface area contributed by atoms with E-state index >= 15 is 0 Å². The Morgan fingerprint density at radius 1 is 1.00 bits per heavy atom. The van der Waals surface area contributed by atoms with E-state index in [-0.39, 0.29) is 18.9 Å². The number of nitrogens with one attached hydrogen (secondary N) is 2. The van der Waals surface area contributed by atoms with Gasteiger partial charge in [-0.1, -0.05) is 55.5 Å². The molecule has 0 spiro atoms. The molecule has 0 saturated carbocycles. The lowest BCUT2D eigenvalue weighted by Gasteiger charge is -2.25. The van der Waals surface area contributed by atoms with Crippen LogP contribution in [-0.4, -0.2) is 55.0 Å². The molecule has 1 aliphatic rings. The molecule has 8 nitrogen and oxygen atoms in total. The number of alkyl carbamates (subject to hydrolysis) is 1. The molecule has 0 aromatic heterocycles. The number of carboxylic acids is 1. The van der Waals surface area contributed by atoms with Crippen molar-refractivity contribution in [2.45, 2.75) is 44.4 Å². The zero-order chi connectivity index (χ0) is 23.3. The molecule has 2 amide bonds. The van der Waals surface area contributed by atoms with Crippen molar-refractivity contribution in [1.82, 2.24) is 10.6 Å². The second-order valence-corrected chi connectivity index (χ2v) is 7.70. The molecule has 0 saturated heterocycles. The zero-order valence-corrected chi connectivity index (χ0v) is 18.3. The van der Waals surface area contributed by atoms with Crippen molar-refractivity contribution in [2.75, 3.05) is 13.7 Å². The molecule has 3 rings (SSSR count). The van der Waals surface area contributed by atoms with Gasteiger partial charge in [-0.15, -0.1) is 0 Å². The van der Waals surface area contributed by atoms with Gasteiger partial charge in [0.05, 0.1) is 6.10 Å². The number of rotatable bonds is 9. The van der Waals surface area contributed by atoms with Crippen LogP contribution in [0.2, 0.25) is 0 Å². The lowest BCUT2D eigenvalue weighted by molar-refractivity contribution is -0.142. The van der Waals surface area contributed by atoms with Crippen LogP contribution in [0.4, 0.5) is 4.79 Å². The third-order valence-electron chi connectivity index (χ3n) is 5.76. The second kappa shape index (κ2) is 10.3. The lowest BCUT2D eigenvalue weighted by Crippen LogP contribution is -2.56. The summed E-state index contributed by atoms with van der Waals surface area (Å²) in [6.07, 6.45) is -1.26. The van der Waals surface area contributed by atoms with Gasteiger partial charge in [0.2, 0.25) is 5.91 Å². The molecule has 0 bridgehead atoms. The number of carbonyl (C=O) groups excluding carboxylic acids is 2. The average Bonchev–Trinajstić information content (AvgIpc) is 3.12. The number of ether oxygens (including phenoxy) is 2. The minimum Gasteiger partial charge on any atom is -0.480 e. The molecular weight excluding hydrogens is 412 g/mol. The molecule has 8 heteroatoms. The van der Waals surface area contributed by atoms with Crippen LogP contribution in [0.25, 0.3) is 11.1 Å². The maximum atomic E-state index is 12.6. The van der Waals surface area contributed by atoms with E-state index in [2.05, 4.69) is 10.6 Å². The van der Waals surface area contributed by atoms with Crippen LogP contribution in [0, 0.1) is 0 Å². The Kier molecular flexibility index (Phi) is 7.48. The Morgan fingerprint density at radius 2 is 1.56 bits per heavy atom. The third kappa shape index (κ3) is 4.91. The highest BCUT2D eigenvalue weighted by Crippen LogP contribution is 2.44. The van der Waals surface area contributed by atoms with Crippen LogP contribution >= 0.6 is 0 Å². The minimum absolute atomic E-state index is 0.0995. The van der Waals surface area contributed by atoms with Crippen molar-refractivity contribution >= 4 is 18.0 Å². The highest BCUT2D eigenvalue weighted by molar-refractivity contribution is 5.89. The standard InChI is InChI=1S/C24H28N2O6/c1-4-20(23(28)29)25-22(27)21(14(2)31-3)26-24(30)32-13-19-17-11-7-5-9-15(17)16-10-6-8-12-18(16)19/h5-12,14,19-21H,4,13H2,1-3H3,(H,25,27)(H,26,30)(H,28,29)/t14-,20-,21+/m1/s1. The normalized spacial score (nSPS) is 15.1. The first-order valence-corrected chi connectivity index (χ1v) is 10.5. The number of amides is 2. The molecule has 0 unspecified atom stereocenters. The molecule has 0 aliphatic heterocycles. The fourth-order valence-corrected chi connectivity index (χ4v) is 3.90. The first-order chi connectivity index (χ1) is 15.4. The van der Waals surface area contributed by atoms with Crippen LogP contribution in [0.15, 0.2) is 48.5 Å². The van der Waals surface area contributed by atoms with Gasteiger partial charge >= 0.3 is 12.1 Å². The van der Waals surface area contributed by atoms with E-state index in [0.29, 0.717) is 0 Å². The second-order valence-electron chi connectivity index (χ2n) is 7.70. The van der Waals surface area contributed by atoms with E-state index in [1.54, 1.807) is 13.8 Å². The molecule has 0 radical (unpaired) electrons. The van der Waals surface area contributed by atoms with Gasteiger partial charge in [0, 0.05) is 13.0 Å². The number of aliphatic carboxylic acids is 1. The number of carbonyl (C=O) groups is 3. The summed E-state index contributed by atoms with van der Waals surface area (Å²) < 4.78 is 10.7. The van der Waals surface area contributed by atoms with Crippen molar-refractivity contribution in [3.05, 3.63) is 59.7 Å². The molecule has 170 valence electrons. The zero-order valence-electron chi connectivity index (χ0n) is 18.3. The molecule has 0 heterocycles. The van der Waals surface area contributed by atoms with Crippen molar-refractivity contribution in [3.8, 4) is 11.1 Å². The number of hydrogen-bond donors (Lipinski definition) is 3. The van der Waals surface area contributed by atoms with Crippen molar-refractivity contribution in [3.63, 3.8) is 0 Å². The number of hydrogen-bond acceptors (Lipinski definition) is 5. The summed E-state index contributed by atoms with van der Waals surface area (Å²) in [5, 5.41) is 14.1. The van der Waals surface area contributed by atoms with Gasteiger partial charge in [0.15, 0.2) is 0 Å². The van der Waals surface area contributed by atoms with E-state index in [9.17, 15) is 19.5 Å². The highest BCUT2D eigenvalue weighted by atomic mass is 16.5. The maximum absolute atomic E-state index is 12.6. The average molecular weight is 440 g/mol. The minimum atomic E-state index is -1.15. The Morgan fingerprint density at radius 3 is 2.06 bits per heavy atom. The molecule has 2 aromatic carbocycles. The van der Waals surface area contributed by atoms with Gasteiger partial charge in [-0.2, -0.15) is 0 Å². The lowest BCUT2D eigenvalue weighted by atomic mass is 9.98. The van der Waals surface area contributed by atoms with Gasteiger partial charge in [0.25, 0.3) is 0 Å². The summed E-state index contributed by atoms with van der Waals surface area (Å²) in [4.78, 5) is 36.4. The number of benzene rings is 2. The quantitative estimate of drug-likeness (QED) is 0.553. The van der Waals surface area contributed by atoms with Gasteiger partial charge in [-0.25, -0.2) is 9.59 Å². The van der Waals surface area contributed by atoms with E-state index in [1.165, 1.54) is 7.11 Å². The van der Waals surface area contributed by atoms with Crippen LogP contribution in [0.1, 0.15) is 37.3 Å². The van der Waals surface area contributed by atoms with Crippen LogP contribution in [0.5, 0.6) is 0 Å². The summed E-state index contributed by atoms with van der Waals surface area (Å²) in [7, 11) is 1.40. The number of fused-ring (bicyclic) bond motifs is 3. The molecular formula is C24H28N2O6. The predicted octanol–water partition coefficient (Wildman–Crippen LogP) is 2.91. The summed E-state index contributed by atoms with van der Waals surface area (Å²) in [5.74, 6) is -1.91. The Hall–Kier alpha value is -3.39. The summed E-state index contributed by atoms with van der Waals surface area (Å²) in [6.45, 7) is 3.35. The van der Waals surface area contributed by atoms with E-state index < -0.39 is 36.2 Å². The topological polar surface area (TPSA) is 114 Å².